The van der Waals surface area contributed by atoms with E-state index in [1.165, 1.54) is 23.9 Å². The lowest BCUT2D eigenvalue weighted by Crippen LogP contribution is -2.40. The highest BCUT2D eigenvalue weighted by molar-refractivity contribution is 5.97. The lowest BCUT2D eigenvalue weighted by Gasteiger charge is -2.18. The van der Waals surface area contributed by atoms with Gasteiger partial charge in [-0.2, -0.15) is 0 Å². The van der Waals surface area contributed by atoms with Crippen LogP contribution in [-0.4, -0.2) is 42.7 Å². The van der Waals surface area contributed by atoms with Gasteiger partial charge in [0.05, 0.1) is 13.2 Å². The van der Waals surface area contributed by atoms with Gasteiger partial charge in [0.1, 0.15) is 23.0 Å². The van der Waals surface area contributed by atoms with E-state index in [9.17, 15) is 14.0 Å². The van der Waals surface area contributed by atoms with E-state index in [2.05, 4.69) is 32.6 Å². The molecule has 0 unspecified atom stereocenters. The first-order valence-corrected chi connectivity index (χ1v) is 11.6. The van der Waals surface area contributed by atoms with Crippen molar-refractivity contribution in [2.24, 2.45) is 4.99 Å². The second-order valence-corrected chi connectivity index (χ2v) is 8.32. The molecule has 1 heterocycles. The molecular weight excluding hydrogens is 475 g/mol. The van der Waals surface area contributed by atoms with Crippen molar-refractivity contribution in [1.29, 1.82) is 0 Å². The van der Waals surface area contributed by atoms with E-state index < -0.39 is 11.8 Å². The van der Waals surface area contributed by atoms with E-state index in [4.69, 9.17) is 4.74 Å². The van der Waals surface area contributed by atoms with E-state index in [1.807, 2.05) is 31.2 Å². The number of nitrogens with one attached hydrogen (secondary N) is 3. The number of methoxy groups -OCH3 is 1. The Morgan fingerprint density at radius 2 is 1.86 bits per heavy atom. The van der Waals surface area contributed by atoms with Gasteiger partial charge in [0.15, 0.2) is 0 Å². The van der Waals surface area contributed by atoms with Crippen LogP contribution in [0.5, 0.6) is 0 Å². The third kappa shape index (κ3) is 6.40. The number of rotatable bonds is 9. The van der Waals surface area contributed by atoms with Gasteiger partial charge in [0.25, 0.3) is 11.8 Å². The summed E-state index contributed by atoms with van der Waals surface area (Å²) in [6.07, 6.45) is 0. The number of amides is 2. The van der Waals surface area contributed by atoms with Crippen LogP contribution in [0.4, 0.5) is 4.39 Å². The highest BCUT2D eigenvalue weighted by atomic mass is 19.1. The summed E-state index contributed by atoms with van der Waals surface area (Å²) >= 11 is 0. The molecule has 2 aromatic carbocycles. The van der Waals surface area contributed by atoms with E-state index in [0.717, 1.165) is 16.7 Å². The zero-order chi connectivity index (χ0) is 27.1. The molecule has 9 nitrogen and oxygen atoms in total. The molecule has 3 aromatic rings. The van der Waals surface area contributed by atoms with Crippen LogP contribution in [0, 0.1) is 12.7 Å². The molecule has 0 saturated heterocycles. The standard InChI is InChI=1S/C27H31FN6O3/c1-16-13-19(7-12-22(16)28)15-31-25(35)23-14-24(34(30-5)27(29-4)33-23)26(36)32-17(2)20-8-10-21(11-9-20)18(3)37-6/h7-14,17,30H,3,15H2,1-2,4-6H3,(H,31,35)(H,32,36)/t17-/m0/s1. The third-order valence-electron chi connectivity index (χ3n) is 5.83. The summed E-state index contributed by atoms with van der Waals surface area (Å²) in [5, 5.41) is 5.70. The van der Waals surface area contributed by atoms with Gasteiger partial charge in [-0.15, -0.1) is 0 Å². The van der Waals surface area contributed by atoms with Gasteiger partial charge in [0, 0.05) is 32.3 Å². The van der Waals surface area contributed by atoms with Crippen molar-refractivity contribution in [3.05, 3.63) is 100 Å². The predicted molar refractivity (Wildman–Crippen MR) is 140 cm³/mol. The maximum atomic E-state index is 13.5. The molecule has 10 heteroatoms. The van der Waals surface area contributed by atoms with E-state index >= 15 is 0 Å². The van der Waals surface area contributed by atoms with Gasteiger partial charge in [0.2, 0.25) is 5.62 Å². The molecule has 0 aliphatic heterocycles. The van der Waals surface area contributed by atoms with Gasteiger partial charge in [-0.05, 0) is 36.6 Å². The Morgan fingerprint density at radius 1 is 1.16 bits per heavy atom. The number of carbonyl (C=O) groups is 2. The number of ether oxygens (including phenoxy) is 1. The normalized spacial score (nSPS) is 12.0. The topological polar surface area (TPSA) is 110 Å². The Hall–Kier alpha value is -4.47. The molecule has 0 saturated carbocycles. The minimum atomic E-state index is -0.494. The molecule has 0 aliphatic rings. The molecule has 2 amide bonds. The fourth-order valence-corrected chi connectivity index (χ4v) is 3.66. The number of hydrogen-bond donors (Lipinski definition) is 3. The van der Waals surface area contributed by atoms with Crippen LogP contribution in [0.1, 0.15) is 56.2 Å². The summed E-state index contributed by atoms with van der Waals surface area (Å²) in [6, 6.07) is 13.2. The molecule has 37 heavy (non-hydrogen) atoms. The molecule has 0 fully saturated rings. The molecule has 0 spiro atoms. The Labute approximate surface area is 215 Å². The van der Waals surface area contributed by atoms with Gasteiger partial charge in [-0.1, -0.05) is 43.0 Å². The maximum Gasteiger partial charge on any atom is 0.270 e. The number of halogens is 1. The first-order valence-electron chi connectivity index (χ1n) is 11.6. The van der Waals surface area contributed by atoms with E-state index in [-0.39, 0.29) is 35.4 Å². The van der Waals surface area contributed by atoms with Crippen LogP contribution in [0.15, 0.2) is 60.1 Å². The van der Waals surface area contributed by atoms with Crippen LogP contribution in [0.3, 0.4) is 0 Å². The quantitative estimate of drug-likeness (QED) is 0.387. The van der Waals surface area contributed by atoms with E-state index in [0.29, 0.717) is 11.3 Å². The first-order chi connectivity index (χ1) is 17.7. The molecule has 3 N–H and O–H groups in total. The van der Waals surface area contributed by atoms with Crippen molar-refractivity contribution in [1.82, 2.24) is 20.3 Å². The summed E-state index contributed by atoms with van der Waals surface area (Å²) in [7, 11) is 4.69. The Balaban J connectivity index is 1.83. The Kier molecular flexibility index (Phi) is 8.78. The van der Waals surface area contributed by atoms with Crippen molar-refractivity contribution in [2.45, 2.75) is 26.4 Å². The lowest BCUT2D eigenvalue weighted by atomic mass is 10.1. The predicted octanol–water partition coefficient (Wildman–Crippen LogP) is 3.07. The largest absolute Gasteiger partial charge is 0.497 e. The molecule has 3 rings (SSSR count). The van der Waals surface area contributed by atoms with Gasteiger partial charge >= 0.3 is 0 Å². The molecular formula is C27H31FN6O3. The summed E-state index contributed by atoms with van der Waals surface area (Å²) in [6.45, 7) is 7.52. The number of aryl methyl sites for hydroxylation is 1. The number of hydrogen-bond acceptors (Lipinski definition) is 6. The van der Waals surface area contributed by atoms with Gasteiger partial charge in [-0.25, -0.2) is 14.1 Å². The third-order valence-corrected chi connectivity index (χ3v) is 5.83. The Bertz CT molecular complexity index is 1380. The molecule has 194 valence electrons. The monoisotopic (exact) mass is 506 g/mol. The number of benzene rings is 2. The lowest BCUT2D eigenvalue weighted by molar-refractivity contribution is 0.0929. The second-order valence-electron chi connectivity index (χ2n) is 8.32. The van der Waals surface area contributed by atoms with Crippen molar-refractivity contribution in [3.8, 4) is 0 Å². The van der Waals surface area contributed by atoms with E-state index in [1.54, 1.807) is 33.2 Å². The smallest absolute Gasteiger partial charge is 0.270 e. The van der Waals surface area contributed by atoms with Crippen molar-refractivity contribution in [3.63, 3.8) is 0 Å². The van der Waals surface area contributed by atoms with Crippen LogP contribution in [0.2, 0.25) is 0 Å². The number of aromatic nitrogens is 2. The fraction of sp³-hybridized carbons (Fsp3) is 0.259. The fourth-order valence-electron chi connectivity index (χ4n) is 3.66. The van der Waals surface area contributed by atoms with Crippen LogP contribution in [0.25, 0.3) is 5.76 Å². The first kappa shape index (κ1) is 27.1. The van der Waals surface area contributed by atoms with Crippen molar-refractivity contribution >= 4 is 17.6 Å². The molecule has 0 aliphatic carbocycles. The molecule has 1 aromatic heterocycles. The average molecular weight is 507 g/mol. The maximum absolute atomic E-state index is 13.5. The number of nitrogens with zero attached hydrogens (tertiary/aromatic N) is 3. The minimum absolute atomic E-state index is 0.0196. The molecule has 1 atom stereocenters. The van der Waals surface area contributed by atoms with Gasteiger partial charge in [-0.3, -0.25) is 14.6 Å². The Morgan fingerprint density at radius 3 is 2.46 bits per heavy atom. The van der Waals surface area contributed by atoms with Crippen molar-refractivity contribution < 1.29 is 18.7 Å². The van der Waals surface area contributed by atoms with Crippen LogP contribution >= 0.6 is 0 Å². The van der Waals surface area contributed by atoms with Gasteiger partial charge < -0.3 is 20.8 Å². The zero-order valence-electron chi connectivity index (χ0n) is 21.6. The SMILES string of the molecule is C=C(OC)c1ccc([C@H](C)NC(=O)c2cc(C(=O)NCc3ccc(F)c(C)c3)nc(=NC)n2NC)cc1. The molecule has 0 radical (unpaired) electrons. The van der Waals surface area contributed by atoms with Crippen LogP contribution in [-0.2, 0) is 11.3 Å². The summed E-state index contributed by atoms with van der Waals surface area (Å²) in [5.74, 6) is -0.688. The minimum Gasteiger partial charge on any atom is -0.497 e. The summed E-state index contributed by atoms with van der Waals surface area (Å²) in [4.78, 5) is 34.6. The van der Waals surface area contributed by atoms with Crippen molar-refractivity contribution in [2.75, 3.05) is 26.6 Å². The molecule has 0 bridgehead atoms. The highest BCUT2D eigenvalue weighted by Gasteiger charge is 2.20. The second kappa shape index (κ2) is 12.0. The zero-order valence-corrected chi connectivity index (χ0v) is 21.6. The summed E-state index contributed by atoms with van der Waals surface area (Å²) in [5.41, 5.74) is 6.13. The average Bonchev–Trinajstić information content (AvgIpc) is 2.92. The number of carbonyl (C=O) groups excluding carboxylic acids is 2. The summed E-state index contributed by atoms with van der Waals surface area (Å²) < 4.78 is 20.1. The van der Waals surface area contributed by atoms with Crippen LogP contribution < -0.4 is 21.7 Å². The highest BCUT2D eigenvalue weighted by Crippen LogP contribution is 2.18.